The number of hydrogen-bond acceptors (Lipinski definition) is 2. The van der Waals surface area contributed by atoms with Gasteiger partial charge < -0.3 is 0 Å². The SMILES string of the molecule is CCc1c(Cl)ncnc1-c1cccc(C(F)(F)F)c1. The lowest BCUT2D eigenvalue weighted by Gasteiger charge is -2.11. The van der Waals surface area contributed by atoms with E-state index in [1.165, 1.54) is 12.4 Å². The summed E-state index contributed by atoms with van der Waals surface area (Å²) in [7, 11) is 0. The maximum atomic E-state index is 12.7. The second kappa shape index (κ2) is 5.17. The van der Waals surface area contributed by atoms with Crippen molar-refractivity contribution in [3.8, 4) is 11.3 Å². The van der Waals surface area contributed by atoms with Gasteiger partial charge in [0.1, 0.15) is 11.5 Å². The molecule has 0 saturated heterocycles. The molecule has 0 radical (unpaired) electrons. The molecular formula is C13H10ClF3N2. The zero-order valence-corrected chi connectivity index (χ0v) is 10.8. The number of aromatic nitrogens is 2. The second-order valence-electron chi connectivity index (χ2n) is 3.92. The molecule has 2 rings (SSSR count). The molecule has 0 bridgehead atoms. The van der Waals surface area contributed by atoms with Gasteiger partial charge in [-0.05, 0) is 18.6 Å². The fourth-order valence-electron chi connectivity index (χ4n) is 1.80. The molecule has 0 spiro atoms. The van der Waals surface area contributed by atoms with Gasteiger partial charge in [-0.2, -0.15) is 13.2 Å². The van der Waals surface area contributed by atoms with E-state index in [2.05, 4.69) is 9.97 Å². The van der Waals surface area contributed by atoms with Crippen LogP contribution in [0.2, 0.25) is 5.15 Å². The van der Waals surface area contributed by atoms with Crippen molar-refractivity contribution in [3.05, 3.63) is 46.9 Å². The molecule has 0 aliphatic rings. The maximum absolute atomic E-state index is 12.7. The standard InChI is InChI=1S/C13H10ClF3N2/c1-2-10-11(18-7-19-12(10)14)8-4-3-5-9(6-8)13(15,16)17/h3-7H,2H2,1H3. The first kappa shape index (κ1) is 13.8. The molecule has 1 aromatic heterocycles. The van der Waals surface area contributed by atoms with Crippen LogP contribution in [0.4, 0.5) is 13.2 Å². The van der Waals surface area contributed by atoms with E-state index in [1.807, 2.05) is 6.92 Å². The molecular weight excluding hydrogens is 277 g/mol. The van der Waals surface area contributed by atoms with E-state index >= 15 is 0 Å². The summed E-state index contributed by atoms with van der Waals surface area (Å²) in [6.07, 6.45) is -2.58. The lowest BCUT2D eigenvalue weighted by atomic mass is 10.0. The van der Waals surface area contributed by atoms with Crippen molar-refractivity contribution in [2.45, 2.75) is 19.5 Å². The molecule has 0 aliphatic carbocycles. The van der Waals surface area contributed by atoms with Gasteiger partial charge in [-0.3, -0.25) is 0 Å². The van der Waals surface area contributed by atoms with Crippen LogP contribution in [0.3, 0.4) is 0 Å². The number of alkyl halides is 3. The van der Waals surface area contributed by atoms with Crippen LogP contribution in [0.15, 0.2) is 30.6 Å². The van der Waals surface area contributed by atoms with Gasteiger partial charge in [0.25, 0.3) is 0 Å². The predicted octanol–water partition coefficient (Wildman–Crippen LogP) is 4.38. The Bertz CT molecular complexity index is 597. The van der Waals surface area contributed by atoms with Gasteiger partial charge in [0, 0.05) is 11.1 Å². The van der Waals surface area contributed by atoms with Crippen LogP contribution in [0.5, 0.6) is 0 Å². The monoisotopic (exact) mass is 286 g/mol. The molecule has 6 heteroatoms. The van der Waals surface area contributed by atoms with Gasteiger partial charge in [-0.25, -0.2) is 9.97 Å². The van der Waals surface area contributed by atoms with Crippen molar-refractivity contribution in [2.75, 3.05) is 0 Å². The smallest absolute Gasteiger partial charge is 0.236 e. The van der Waals surface area contributed by atoms with E-state index < -0.39 is 11.7 Å². The highest BCUT2D eigenvalue weighted by Gasteiger charge is 2.30. The van der Waals surface area contributed by atoms with E-state index in [1.54, 1.807) is 6.07 Å². The summed E-state index contributed by atoms with van der Waals surface area (Å²) in [5.74, 6) is 0. The third-order valence-corrected chi connectivity index (χ3v) is 3.04. The van der Waals surface area contributed by atoms with Crippen LogP contribution >= 0.6 is 11.6 Å². The maximum Gasteiger partial charge on any atom is 0.416 e. The second-order valence-corrected chi connectivity index (χ2v) is 4.28. The van der Waals surface area contributed by atoms with E-state index in [9.17, 15) is 13.2 Å². The molecule has 1 aromatic carbocycles. The van der Waals surface area contributed by atoms with Crippen LogP contribution < -0.4 is 0 Å². The molecule has 0 unspecified atom stereocenters. The first-order valence-electron chi connectivity index (χ1n) is 5.60. The third-order valence-electron chi connectivity index (χ3n) is 2.71. The van der Waals surface area contributed by atoms with E-state index in [-0.39, 0.29) is 5.15 Å². The third kappa shape index (κ3) is 2.87. The van der Waals surface area contributed by atoms with Gasteiger partial charge in [-0.15, -0.1) is 0 Å². The number of halogens is 4. The molecule has 0 fully saturated rings. The Kier molecular flexibility index (Phi) is 3.75. The normalized spacial score (nSPS) is 11.6. The Labute approximate surface area is 113 Å². The van der Waals surface area contributed by atoms with E-state index in [0.29, 0.717) is 23.2 Å². The largest absolute Gasteiger partial charge is 0.416 e. The minimum atomic E-state index is -4.38. The Hall–Kier alpha value is -1.62. The number of hydrogen-bond donors (Lipinski definition) is 0. The Morgan fingerprint density at radius 2 is 1.95 bits per heavy atom. The molecule has 2 aromatic rings. The van der Waals surface area contributed by atoms with Gasteiger partial charge >= 0.3 is 6.18 Å². The zero-order chi connectivity index (χ0) is 14.0. The number of benzene rings is 1. The lowest BCUT2D eigenvalue weighted by Crippen LogP contribution is -2.05. The molecule has 2 nitrogen and oxygen atoms in total. The summed E-state index contributed by atoms with van der Waals surface area (Å²) >= 11 is 5.94. The van der Waals surface area contributed by atoms with Crippen molar-refractivity contribution in [1.82, 2.24) is 9.97 Å². The van der Waals surface area contributed by atoms with Gasteiger partial charge in [0.15, 0.2) is 0 Å². The summed E-state index contributed by atoms with van der Waals surface area (Å²) in [5.41, 5.74) is 0.759. The molecule has 100 valence electrons. The van der Waals surface area contributed by atoms with Crippen LogP contribution in [0, 0.1) is 0 Å². The molecule has 19 heavy (non-hydrogen) atoms. The predicted molar refractivity (Wildman–Crippen MR) is 66.9 cm³/mol. The molecule has 0 aliphatic heterocycles. The van der Waals surface area contributed by atoms with Crippen molar-refractivity contribution >= 4 is 11.6 Å². The van der Waals surface area contributed by atoms with Crippen molar-refractivity contribution < 1.29 is 13.2 Å². The Morgan fingerprint density at radius 1 is 1.21 bits per heavy atom. The van der Waals surface area contributed by atoms with Gasteiger partial charge in [-0.1, -0.05) is 30.7 Å². The van der Waals surface area contributed by atoms with Crippen molar-refractivity contribution in [3.63, 3.8) is 0 Å². The summed E-state index contributed by atoms with van der Waals surface area (Å²) < 4.78 is 38.1. The van der Waals surface area contributed by atoms with Crippen LogP contribution in [0.1, 0.15) is 18.1 Å². The highest BCUT2D eigenvalue weighted by Crippen LogP contribution is 2.33. The minimum Gasteiger partial charge on any atom is -0.236 e. The van der Waals surface area contributed by atoms with Crippen LogP contribution in [-0.4, -0.2) is 9.97 Å². The summed E-state index contributed by atoms with van der Waals surface area (Å²) in [5, 5.41) is 0.268. The highest BCUT2D eigenvalue weighted by atomic mass is 35.5. The number of rotatable bonds is 2. The minimum absolute atomic E-state index is 0.268. The molecule has 0 atom stereocenters. The fraction of sp³-hybridized carbons (Fsp3) is 0.231. The van der Waals surface area contributed by atoms with E-state index in [0.717, 1.165) is 12.1 Å². The van der Waals surface area contributed by atoms with Crippen molar-refractivity contribution in [1.29, 1.82) is 0 Å². The average Bonchev–Trinajstić information content (AvgIpc) is 2.37. The summed E-state index contributed by atoms with van der Waals surface area (Å²) in [4.78, 5) is 7.88. The lowest BCUT2D eigenvalue weighted by molar-refractivity contribution is -0.137. The fourth-order valence-corrected chi connectivity index (χ4v) is 2.06. The Balaban J connectivity index is 2.57. The zero-order valence-electron chi connectivity index (χ0n) is 10.0. The number of nitrogens with zero attached hydrogens (tertiary/aromatic N) is 2. The summed E-state index contributed by atoms with van der Waals surface area (Å²) in [6.45, 7) is 1.85. The first-order chi connectivity index (χ1) is 8.93. The summed E-state index contributed by atoms with van der Waals surface area (Å²) in [6, 6.07) is 5.02. The van der Waals surface area contributed by atoms with Gasteiger partial charge in [0.05, 0.1) is 11.3 Å². The quantitative estimate of drug-likeness (QED) is 0.766. The van der Waals surface area contributed by atoms with E-state index in [4.69, 9.17) is 11.6 Å². The topological polar surface area (TPSA) is 25.8 Å². The average molecular weight is 287 g/mol. The molecule has 1 heterocycles. The van der Waals surface area contributed by atoms with Crippen molar-refractivity contribution in [2.24, 2.45) is 0 Å². The Morgan fingerprint density at radius 3 is 2.58 bits per heavy atom. The van der Waals surface area contributed by atoms with Crippen LogP contribution in [0.25, 0.3) is 11.3 Å². The van der Waals surface area contributed by atoms with Crippen LogP contribution in [-0.2, 0) is 12.6 Å². The van der Waals surface area contributed by atoms with Gasteiger partial charge in [0.2, 0.25) is 0 Å². The highest BCUT2D eigenvalue weighted by molar-refractivity contribution is 6.30. The molecule has 0 amide bonds. The molecule has 0 saturated carbocycles. The molecule has 0 N–H and O–H groups in total. The first-order valence-corrected chi connectivity index (χ1v) is 5.98.